The first-order valence-corrected chi connectivity index (χ1v) is 8.14. The van der Waals surface area contributed by atoms with E-state index in [1.807, 2.05) is 66.7 Å². The maximum Gasteiger partial charge on any atom is 0.176 e. The third kappa shape index (κ3) is 2.55. The van der Waals surface area contributed by atoms with Gasteiger partial charge in [0, 0.05) is 16.1 Å². The number of nitrogens with zero attached hydrogens (tertiary/aromatic N) is 1. The van der Waals surface area contributed by atoms with Gasteiger partial charge in [0.1, 0.15) is 0 Å². The molecule has 4 rings (SSSR count). The molecule has 3 aromatic carbocycles. The van der Waals surface area contributed by atoms with Crippen LogP contribution in [0.1, 0.15) is 27.4 Å². The van der Waals surface area contributed by atoms with Crippen molar-refractivity contribution >= 4 is 28.8 Å². The molecule has 1 unspecified atom stereocenters. The van der Waals surface area contributed by atoms with Crippen LogP contribution in [0.3, 0.4) is 0 Å². The molecule has 0 aromatic heterocycles. The van der Waals surface area contributed by atoms with E-state index in [1.54, 1.807) is 12.1 Å². The lowest BCUT2D eigenvalue weighted by Gasteiger charge is -2.11. The molecule has 1 aliphatic carbocycles. The first-order chi connectivity index (χ1) is 11.7. The van der Waals surface area contributed by atoms with Gasteiger partial charge in [0.05, 0.1) is 17.3 Å². The second kappa shape index (κ2) is 6.06. The zero-order valence-corrected chi connectivity index (χ0v) is 13.6. The number of hydrogen-bond acceptors (Lipinski definition) is 2. The molecule has 0 fully saturated rings. The molecule has 3 heteroatoms. The summed E-state index contributed by atoms with van der Waals surface area (Å²) in [7, 11) is 0. The Morgan fingerprint density at radius 1 is 0.750 bits per heavy atom. The molecular weight excluding hydrogens is 318 g/mol. The van der Waals surface area contributed by atoms with Crippen LogP contribution in [0.2, 0.25) is 5.02 Å². The molecule has 0 radical (unpaired) electrons. The van der Waals surface area contributed by atoms with Crippen LogP contribution in [0.25, 0.3) is 0 Å². The molecule has 0 saturated heterocycles. The van der Waals surface area contributed by atoms with Crippen molar-refractivity contribution in [1.82, 2.24) is 0 Å². The highest BCUT2D eigenvalue weighted by Gasteiger charge is 2.37. The second-order valence-corrected chi connectivity index (χ2v) is 6.16. The Kier molecular flexibility index (Phi) is 3.75. The van der Waals surface area contributed by atoms with E-state index in [-0.39, 0.29) is 11.7 Å². The lowest BCUT2D eigenvalue weighted by molar-refractivity contribution is 0.0988. The van der Waals surface area contributed by atoms with Crippen LogP contribution in [0, 0.1) is 0 Å². The van der Waals surface area contributed by atoms with E-state index in [1.165, 1.54) is 0 Å². The third-order valence-corrected chi connectivity index (χ3v) is 4.47. The Morgan fingerprint density at radius 2 is 1.38 bits per heavy atom. The molecule has 0 amide bonds. The summed E-state index contributed by atoms with van der Waals surface area (Å²) in [5.74, 6) is -0.260. The number of ketones is 1. The SMILES string of the molecule is O=C1c2ccccc2C(=Nc2ccc(Cl)cc2)C1c1ccccc1. The third-order valence-electron chi connectivity index (χ3n) is 4.21. The number of halogens is 1. The zero-order chi connectivity index (χ0) is 16.5. The molecule has 3 aromatic rings. The topological polar surface area (TPSA) is 29.4 Å². The number of Topliss-reactive ketones (excluding diaryl/α,β-unsaturated/α-hetero) is 1. The molecule has 0 aliphatic heterocycles. The highest BCUT2D eigenvalue weighted by molar-refractivity contribution is 6.32. The predicted octanol–water partition coefficient (Wildman–Crippen LogP) is 5.44. The first-order valence-electron chi connectivity index (χ1n) is 7.77. The fourth-order valence-corrected chi connectivity index (χ4v) is 3.22. The van der Waals surface area contributed by atoms with E-state index in [0.29, 0.717) is 5.02 Å². The molecule has 0 bridgehead atoms. The Balaban J connectivity index is 1.89. The van der Waals surface area contributed by atoms with E-state index >= 15 is 0 Å². The van der Waals surface area contributed by atoms with Crippen LogP contribution in [-0.2, 0) is 0 Å². The van der Waals surface area contributed by atoms with Gasteiger partial charge in [-0.05, 0) is 29.8 Å². The number of benzene rings is 3. The standard InChI is InChI=1S/C21H14ClNO/c22-15-10-12-16(13-11-15)23-20-17-8-4-5-9-18(17)21(24)19(20)14-6-2-1-3-7-14/h1-13,19H. The van der Waals surface area contributed by atoms with Crippen molar-refractivity contribution < 1.29 is 4.79 Å². The normalized spacial score (nSPS) is 18.0. The molecule has 0 heterocycles. The number of rotatable bonds is 2. The molecule has 2 nitrogen and oxygen atoms in total. The van der Waals surface area contributed by atoms with Gasteiger partial charge < -0.3 is 0 Å². The summed E-state index contributed by atoms with van der Waals surface area (Å²) >= 11 is 5.95. The minimum absolute atomic E-state index is 0.101. The predicted molar refractivity (Wildman–Crippen MR) is 97.6 cm³/mol. The summed E-state index contributed by atoms with van der Waals surface area (Å²) in [6.07, 6.45) is 0. The van der Waals surface area contributed by atoms with Gasteiger partial charge in [0.2, 0.25) is 0 Å². The van der Waals surface area contributed by atoms with Crippen molar-refractivity contribution in [3.8, 4) is 0 Å². The van der Waals surface area contributed by atoms with E-state index in [9.17, 15) is 4.79 Å². The minimum Gasteiger partial charge on any atom is -0.293 e. The quantitative estimate of drug-likeness (QED) is 0.614. The van der Waals surface area contributed by atoms with E-state index in [4.69, 9.17) is 16.6 Å². The molecule has 0 spiro atoms. The lowest BCUT2D eigenvalue weighted by Crippen LogP contribution is -2.13. The van der Waals surface area contributed by atoms with Crippen molar-refractivity contribution in [2.24, 2.45) is 4.99 Å². The average molecular weight is 332 g/mol. The minimum atomic E-state index is -0.362. The molecule has 1 aliphatic rings. The average Bonchev–Trinajstić information content (AvgIpc) is 2.90. The van der Waals surface area contributed by atoms with Gasteiger partial charge in [-0.3, -0.25) is 9.79 Å². The Bertz CT molecular complexity index is 930. The largest absolute Gasteiger partial charge is 0.293 e. The first kappa shape index (κ1) is 14.9. The van der Waals surface area contributed by atoms with E-state index in [0.717, 1.165) is 28.1 Å². The summed E-state index contributed by atoms with van der Waals surface area (Å²) in [4.78, 5) is 17.7. The van der Waals surface area contributed by atoms with Crippen LogP contribution in [0.15, 0.2) is 83.9 Å². The van der Waals surface area contributed by atoms with Gasteiger partial charge in [-0.2, -0.15) is 0 Å². The molecule has 0 N–H and O–H groups in total. The Morgan fingerprint density at radius 3 is 2.08 bits per heavy atom. The molecule has 116 valence electrons. The molecular formula is C21H14ClNO. The number of carbonyl (C=O) groups excluding carboxylic acids is 1. The van der Waals surface area contributed by atoms with E-state index < -0.39 is 0 Å². The summed E-state index contributed by atoms with van der Waals surface area (Å²) in [5.41, 5.74) is 4.20. The van der Waals surface area contributed by atoms with Gasteiger partial charge in [-0.15, -0.1) is 0 Å². The van der Waals surface area contributed by atoms with Crippen molar-refractivity contribution in [2.45, 2.75) is 5.92 Å². The number of carbonyl (C=O) groups is 1. The van der Waals surface area contributed by atoms with Gasteiger partial charge in [0.15, 0.2) is 5.78 Å². The van der Waals surface area contributed by atoms with Crippen molar-refractivity contribution in [3.05, 3.63) is 101 Å². The van der Waals surface area contributed by atoms with E-state index in [2.05, 4.69) is 0 Å². The van der Waals surface area contributed by atoms with Gasteiger partial charge in [-0.25, -0.2) is 0 Å². The molecule has 0 saturated carbocycles. The van der Waals surface area contributed by atoms with Crippen molar-refractivity contribution in [1.29, 1.82) is 0 Å². The fraction of sp³-hybridized carbons (Fsp3) is 0.0476. The van der Waals surface area contributed by atoms with Gasteiger partial charge >= 0.3 is 0 Å². The summed E-state index contributed by atoms with van der Waals surface area (Å²) in [6, 6.07) is 24.8. The van der Waals surface area contributed by atoms with Crippen molar-refractivity contribution in [2.75, 3.05) is 0 Å². The highest BCUT2D eigenvalue weighted by atomic mass is 35.5. The van der Waals surface area contributed by atoms with Crippen LogP contribution < -0.4 is 0 Å². The lowest BCUT2D eigenvalue weighted by atomic mass is 9.93. The van der Waals surface area contributed by atoms with Crippen LogP contribution in [-0.4, -0.2) is 11.5 Å². The summed E-state index contributed by atoms with van der Waals surface area (Å²) < 4.78 is 0. The monoisotopic (exact) mass is 331 g/mol. The second-order valence-electron chi connectivity index (χ2n) is 5.73. The Labute approximate surface area is 145 Å². The number of aliphatic imine (C=N–C) groups is 1. The molecule has 1 atom stereocenters. The number of hydrogen-bond donors (Lipinski definition) is 0. The van der Waals surface area contributed by atoms with Gasteiger partial charge in [-0.1, -0.05) is 66.2 Å². The smallest absolute Gasteiger partial charge is 0.176 e. The highest BCUT2D eigenvalue weighted by Crippen LogP contribution is 2.36. The fourth-order valence-electron chi connectivity index (χ4n) is 3.09. The Hall–Kier alpha value is -2.71. The summed E-state index contributed by atoms with van der Waals surface area (Å²) in [5, 5.41) is 0.668. The van der Waals surface area contributed by atoms with Crippen LogP contribution in [0.4, 0.5) is 5.69 Å². The van der Waals surface area contributed by atoms with Crippen LogP contribution >= 0.6 is 11.6 Å². The molecule has 24 heavy (non-hydrogen) atoms. The van der Waals surface area contributed by atoms with Crippen LogP contribution in [0.5, 0.6) is 0 Å². The maximum absolute atomic E-state index is 12.9. The van der Waals surface area contributed by atoms with Gasteiger partial charge in [0.25, 0.3) is 0 Å². The van der Waals surface area contributed by atoms with Crippen molar-refractivity contribution in [3.63, 3.8) is 0 Å². The summed E-state index contributed by atoms with van der Waals surface area (Å²) in [6.45, 7) is 0. The maximum atomic E-state index is 12.9. The number of fused-ring (bicyclic) bond motifs is 1. The zero-order valence-electron chi connectivity index (χ0n) is 12.8.